The van der Waals surface area contributed by atoms with Gasteiger partial charge >= 0.3 is 0 Å². The van der Waals surface area contributed by atoms with Crippen LogP contribution in [0.5, 0.6) is 11.6 Å². The summed E-state index contributed by atoms with van der Waals surface area (Å²) in [4.78, 5) is 11.5. The molecular weight excluding hydrogens is 363 g/mol. The highest BCUT2D eigenvalue weighted by molar-refractivity contribution is 6.01. The second-order valence-corrected chi connectivity index (χ2v) is 6.98. The summed E-state index contributed by atoms with van der Waals surface area (Å²) in [5.41, 5.74) is 3.59. The SMILES string of the molecule is CC(C)=Cc1cccc2c1c(N=O)c(O)n2Cc1cc(F)cc2c1OCOC2. The van der Waals surface area contributed by atoms with Gasteiger partial charge in [0.2, 0.25) is 5.88 Å². The third kappa shape index (κ3) is 3.03. The molecule has 0 amide bonds. The Morgan fingerprint density at radius 1 is 1.36 bits per heavy atom. The maximum Gasteiger partial charge on any atom is 0.222 e. The Kier molecular flexibility index (Phi) is 4.60. The lowest BCUT2D eigenvalue weighted by Crippen LogP contribution is -2.14. The predicted molar refractivity (Wildman–Crippen MR) is 104 cm³/mol. The van der Waals surface area contributed by atoms with Crippen molar-refractivity contribution in [2.75, 3.05) is 6.79 Å². The zero-order chi connectivity index (χ0) is 19.8. The quantitative estimate of drug-likeness (QED) is 0.628. The van der Waals surface area contributed by atoms with E-state index < -0.39 is 5.82 Å². The molecule has 0 spiro atoms. The molecule has 0 aliphatic carbocycles. The smallest absolute Gasteiger partial charge is 0.222 e. The van der Waals surface area contributed by atoms with Gasteiger partial charge in [-0.25, -0.2) is 4.39 Å². The highest BCUT2D eigenvalue weighted by atomic mass is 19.1. The minimum absolute atomic E-state index is 0.0300. The minimum atomic E-state index is -0.419. The highest BCUT2D eigenvalue weighted by Gasteiger charge is 2.23. The van der Waals surface area contributed by atoms with Gasteiger partial charge in [0.1, 0.15) is 11.6 Å². The number of nitrogens with zero attached hydrogens (tertiary/aromatic N) is 2. The second-order valence-electron chi connectivity index (χ2n) is 6.98. The van der Waals surface area contributed by atoms with Crippen LogP contribution in [0.15, 0.2) is 41.1 Å². The molecule has 0 fully saturated rings. The summed E-state index contributed by atoms with van der Waals surface area (Å²) in [6, 6.07) is 8.23. The molecule has 0 saturated carbocycles. The van der Waals surface area contributed by atoms with E-state index in [4.69, 9.17) is 9.47 Å². The van der Waals surface area contributed by atoms with E-state index >= 15 is 0 Å². The van der Waals surface area contributed by atoms with Crippen LogP contribution in [0.1, 0.15) is 30.5 Å². The lowest BCUT2D eigenvalue weighted by molar-refractivity contribution is -0.0173. The molecule has 0 radical (unpaired) electrons. The topological polar surface area (TPSA) is 73.0 Å². The number of hydrogen-bond acceptors (Lipinski definition) is 5. The fraction of sp³-hybridized carbons (Fsp3) is 0.238. The zero-order valence-corrected chi connectivity index (χ0v) is 15.5. The number of aromatic hydroxyl groups is 1. The van der Waals surface area contributed by atoms with Gasteiger partial charge in [0.25, 0.3) is 0 Å². The van der Waals surface area contributed by atoms with E-state index in [0.717, 1.165) is 11.1 Å². The van der Waals surface area contributed by atoms with Crippen molar-refractivity contribution in [1.29, 1.82) is 0 Å². The van der Waals surface area contributed by atoms with Crippen molar-refractivity contribution in [3.63, 3.8) is 0 Å². The van der Waals surface area contributed by atoms with Gasteiger partial charge < -0.3 is 19.1 Å². The van der Waals surface area contributed by atoms with Crippen LogP contribution in [0.4, 0.5) is 10.1 Å². The van der Waals surface area contributed by atoms with Crippen LogP contribution in [0.25, 0.3) is 17.0 Å². The number of nitroso groups, excluding NO2 is 1. The molecule has 0 bridgehead atoms. The minimum Gasteiger partial charge on any atom is -0.493 e. The predicted octanol–water partition coefficient (Wildman–Crippen LogP) is 5.22. The molecule has 1 N–H and O–H groups in total. The van der Waals surface area contributed by atoms with Gasteiger partial charge in [-0.2, -0.15) is 0 Å². The molecule has 2 aromatic carbocycles. The first-order valence-electron chi connectivity index (χ1n) is 8.84. The average molecular weight is 382 g/mol. The molecule has 28 heavy (non-hydrogen) atoms. The van der Waals surface area contributed by atoms with Crippen molar-refractivity contribution in [2.24, 2.45) is 5.18 Å². The lowest BCUT2D eigenvalue weighted by atomic mass is 10.1. The van der Waals surface area contributed by atoms with Gasteiger partial charge in [0.15, 0.2) is 12.5 Å². The summed E-state index contributed by atoms with van der Waals surface area (Å²) in [6.07, 6.45) is 1.92. The lowest BCUT2D eigenvalue weighted by Gasteiger charge is -2.21. The number of benzene rings is 2. The van der Waals surface area contributed by atoms with E-state index in [1.54, 1.807) is 10.6 Å². The molecule has 2 heterocycles. The van der Waals surface area contributed by atoms with E-state index in [2.05, 4.69) is 5.18 Å². The Balaban J connectivity index is 1.92. The first kappa shape index (κ1) is 18.2. The molecule has 0 unspecified atom stereocenters. The van der Waals surface area contributed by atoms with Crippen LogP contribution in [0.3, 0.4) is 0 Å². The standard InChI is InChI=1S/C21H19FN2O4/c1-12(2)6-13-4-3-5-17-18(13)19(23-26)21(25)24(17)9-14-7-16(22)8-15-10-27-11-28-20(14)15/h3-8,25H,9-11H2,1-2H3. The van der Waals surface area contributed by atoms with E-state index in [1.165, 1.54) is 12.1 Å². The summed E-state index contributed by atoms with van der Waals surface area (Å²) in [5, 5.41) is 14.3. The molecule has 1 aromatic heterocycles. The molecule has 0 saturated heterocycles. The Morgan fingerprint density at radius 2 is 2.18 bits per heavy atom. The third-order valence-corrected chi connectivity index (χ3v) is 4.69. The Labute approximate surface area is 160 Å². The molecule has 3 aromatic rings. The second kappa shape index (κ2) is 7.09. The fourth-order valence-electron chi connectivity index (χ4n) is 3.62. The Morgan fingerprint density at radius 3 is 2.93 bits per heavy atom. The van der Waals surface area contributed by atoms with Crippen LogP contribution < -0.4 is 4.74 Å². The van der Waals surface area contributed by atoms with Gasteiger partial charge in [-0.15, -0.1) is 4.91 Å². The molecule has 1 aliphatic rings. The highest BCUT2D eigenvalue weighted by Crippen LogP contribution is 2.42. The largest absolute Gasteiger partial charge is 0.493 e. The monoisotopic (exact) mass is 382 g/mol. The number of aromatic nitrogens is 1. The number of rotatable bonds is 4. The molecule has 144 valence electrons. The normalized spacial score (nSPS) is 13.1. The van der Waals surface area contributed by atoms with Gasteiger partial charge in [0.05, 0.1) is 18.7 Å². The van der Waals surface area contributed by atoms with E-state index in [0.29, 0.717) is 27.8 Å². The van der Waals surface area contributed by atoms with E-state index in [-0.39, 0.29) is 31.5 Å². The molecule has 6 nitrogen and oxygen atoms in total. The van der Waals surface area contributed by atoms with E-state index in [9.17, 15) is 14.4 Å². The third-order valence-electron chi connectivity index (χ3n) is 4.69. The number of hydrogen-bond donors (Lipinski definition) is 1. The summed E-state index contributed by atoms with van der Waals surface area (Å²) < 4.78 is 26.4. The molecule has 1 aliphatic heterocycles. The summed E-state index contributed by atoms with van der Waals surface area (Å²) in [6.45, 7) is 4.35. The summed E-state index contributed by atoms with van der Waals surface area (Å²) in [7, 11) is 0. The van der Waals surface area contributed by atoms with E-state index in [1.807, 2.05) is 32.1 Å². The Bertz CT molecular complexity index is 1110. The zero-order valence-electron chi connectivity index (χ0n) is 15.5. The van der Waals surface area contributed by atoms with Crippen LogP contribution in [0, 0.1) is 10.7 Å². The maximum atomic E-state index is 14.1. The van der Waals surface area contributed by atoms with Crippen molar-refractivity contribution < 1.29 is 19.0 Å². The van der Waals surface area contributed by atoms with Crippen LogP contribution in [-0.4, -0.2) is 16.5 Å². The van der Waals surface area contributed by atoms with Crippen LogP contribution in [0.2, 0.25) is 0 Å². The molecular formula is C21H19FN2O4. The maximum absolute atomic E-state index is 14.1. The number of allylic oxidation sites excluding steroid dienone is 1. The van der Waals surface area contributed by atoms with Gasteiger partial charge in [-0.3, -0.25) is 0 Å². The number of fused-ring (bicyclic) bond motifs is 2. The molecule has 7 heteroatoms. The summed E-state index contributed by atoms with van der Waals surface area (Å²) >= 11 is 0. The van der Waals surface area contributed by atoms with Gasteiger partial charge in [-0.1, -0.05) is 23.8 Å². The first-order valence-corrected chi connectivity index (χ1v) is 8.84. The number of halogens is 1. The summed E-state index contributed by atoms with van der Waals surface area (Å²) in [5.74, 6) is -0.141. The fourth-order valence-corrected chi connectivity index (χ4v) is 3.62. The molecule has 0 atom stereocenters. The Hall–Kier alpha value is -3.19. The number of ether oxygens (including phenoxy) is 2. The van der Waals surface area contributed by atoms with Crippen molar-refractivity contribution in [2.45, 2.75) is 27.0 Å². The van der Waals surface area contributed by atoms with Crippen molar-refractivity contribution in [3.8, 4) is 11.6 Å². The van der Waals surface area contributed by atoms with Crippen molar-refractivity contribution >= 4 is 22.7 Å². The first-order chi connectivity index (χ1) is 13.5. The van der Waals surface area contributed by atoms with Crippen molar-refractivity contribution in [1.82, 2.24) is 4.57 Å². The van der Waals surface area contributed by atoms with Gasteiger partial charge in [0, 0.05) is 16.5 Å². The average Bonchev–Trinajstić information content (AvgIpc) is 2.93. The van der Waals surface area contributed by atoms with Crippen LogP contribution >= 0.6 is 0 Å². The van der Waals surface area contributed by atoms with Crippen LogP contribution in [-0.2, 0) is 17.9 Å². The van der Waals surface area contributed by atoms with Crippen molar-refractivity contribution in [3.05, 3.63) is 63.3 Å². The van der Waals surface area contributed by atoms with Gasteiger partial charge in [-0.05, 0) is 42.8 Å². The molecule has 4 rings (SSSR count).